The van der Waals surface area contributed by atoms with Crippen molar-refractivity contribution in [2.24, 2.45) is 0 Å². The summed E-state index contributed by atoms with van der Waals surface area (Å²) in [5.74, 6) is -0.868. The predicted octanol–water partition coefficient (Wildman–Crippen LogP) is 8.91. The van der Waals surface area contributed by atoms with Gasteiger partial charge in [0.2, 0.25) is 0 Å². The first kappa shape index (κ1) is 39.4. The highest BCUT2D eigenvalue weighted by Gasteiger charge is 2.35. The van der Waals surface area contributed by atoms with Crippen molar-refractivity contribution in [1.82, 2.24) is 29.1 Å². The number of carbonyl (C=O) groups excluding carboxylic acids is 4. The van der Waals surface area contributed by atoms with E-state index in [1.165, 1.54) is 22.6 Å². The Morgan fingerprint density at radius 1 is 0.344 bits per heavy atom. The van der Waals surface area contributed by atoms with Gasteiger partial charge < -0.3 is 19.3 Å². The van der Waals surface area contributed by atoms with Gasteiger partial charge in [0.05, 0.1) is 0 Å². The molecule has 7 aromatic rings. The third-order valence-corrected chi connectivity index (χ3v) is 15.0. The lowest BCUT2D eigenvalue weighted by atomic mass is 9.88. The maximum atomic E-state index is 14.0. The minimum absolute atomic E-state index is 0.217. The van der Waals surface area contributed by atoms with E-state index in [-0.39, 0.29) is 23.6 Å². The summed E-state index contributed by atoms with van der Waals surface area (Å²) in [6.07, 6.45) is 7.13. The van der Waals surface area contributed by atoms with Crippen LogP contribution in [-0.4, -0.2) is 125 Å². The zero-order valence-electron chi connectivity index (χ0n) is 36.3. The Morgan fingerprint density at radius 2 is 0.703 bits per heavy atom. The van der Waals surface area contributed by atoms with E-state index in [2.05, 4.69) is 67.8 Å². The summed E-state index contributed by atoms with van der Waals surface area (Å²) < 4.78 is 2.45. The lowest BCUT2D eigenvalue weighted by Gasteiger charge is -2.29. The van der Waals surface area contributed by atoms with Crippen LogP contribution in [0.5, 0.6) is 0 Å². The summed E-state index contributed by atoms with van der Waals surface area (Å²) in [6.45, 7) is 10.3. The molecule has 0 saturated carbocycles. The lowest BCUT2D eigenvalue weighted by molar-refractivity contribution is 0.0581. The molecule has 5 aliphatic rings. The fraction of sp³-hybridized carbons (Fsp3) is 0.333. The summed E-state index contributed by atoms with van der Waals surface area (Å²) in [6, 6.07) is 33.0. The molecule has 322 valence electrons. The number of likely N-dealkylation sites (tertiary alicyclic amines) is 3. The molecule has 3 saturated heterocycles. The van der Waals surface area contributed by atoms with Gasteiger partial charge in [0.15, 0.2) is 0 Å². The standard InChI is InChI=1S/C54H52N6O4/c61-51-41-11-7-9-39-37(15-17-43(49(39)41)53(63)59(51)31-28-56-23-3-4-24-56)35-13-19-47-45(33-35)46-34-36(14-20-48(46)58(47)30-27-55-21-1-2-22-55)38-16-18-44-50-40(38)10-8-12-42(50)52(62)60(54(44)64)32-29-57-25-5-6-26-57/h7-20,33-34H,1-6,21-32H2. The second kappa shape index (κ2) is 15.8. The maximum absolute atomic E-state index is 14.0. The van der Waals surface area contributed by atoms with Gasteiger partial charge in [-0.3, -0.25) is 29.0 Å². The Morgan fingerprint density at radius 3 is 1.11 bits per heavy atom. The van der Waals surface area contributed by atoms with Crippen LogP contribution in [0.4, 0.5) is 0 Å². The Balaban J connectivity index is 0.947. The number of fused-ring (bicyclic) bond motifs is 3. The molecule has 0 aliphatic carbocycles. The quantitative estimate of drug-likeness (QED) is 0.120. The SMILES string of the molecule is O=C1c2cccc3c(-c4ccc5c(c4)c4cc(-c6ccc7c8c(cccc68)C(=O)N(CCN6CCCC6)C7=O)ccc4n5CCN4CCCC4)ccc(c23)C(=O)N1CCN1CCCC1. The van der Waals surface area contributed by atoms with Gasteiger partial charge >= 0.3 is 0 Å². The zero-order chi connectivity index (χ0) is 43.1. The van der Waals surface area contributed by atoms with E-state index in [1.807, 2.05) is 48.5 Å². The van der Waals surface area contributed by atoms with Gasteiger partial charge in [-0.1, -0.05) is 48.5 Å². The maximum Gasteiger partial charge on any atom is 0.261 e. The molecule has 0 bridgehead atoms. The molecule has 0 atom stereocenters. The van der Waals surface area contributed by atoms with Crippen molar-refractivity contribution in [3.8, 4) is 22.3 Å². The van der Waals surface area contributed by atoms with Crippen molar-refractivity contribution in [3.05, 3.63) is 119 Å². The first-order chi connectivity index (χ1) is 31.4. The normalized spacial score (nSPS) is 18.4. The van der Waals surface area contributed by atoms with Gasteiger partial charge in [-0.15, -0.1) is 0 Å². The zero-order valence-corrected chi connectivity index (χ0v) is 36.3. The number of nitrogens with zero attached hydrogens (tertiary/aromatic N) is 6. The minimum Gasteiger partial charge on any atom is -0.339 e. The Kier molecular flexibility index (Phi) is 9.73. The van der Waals surface area contributed by atoms with Crippen molar-refractivity contribution in [2.75, 3.05) is 72.0 Å². The Bertz CT molecular complexity index is 2860. The van der Waals surface area contributed by atoms with E-state index in [1.54, 1.807) is 0 Å². The van der Waals surface area contributed by atoms with Gasteiger partial charge in [-0.25, -0.2) is 0 Å². The summed E-state index contributed by atoms with van der Waals surface area (Å²) in [4.78, 5) is 66.1. The number of benzene rings is 6. The van der Waals surface area contributed by atoms with Crippen LogP contribution in [0.2, 0.25) is 0 Å². The monoisotopic (exact) mass is 848 g/mol. The molecule has 0 N–H and O–H groups in total. The number of rotatable bonds is 11. The van der Waals surface area contributed by atoms with Gasteiger partial charge in [-0.2, -0.15) is 0 Å². The van der Waals surface area contributed by atoms with Crippen LogP contribution < -0.4 is 0 Å². The van der Waals surface area contributed by atoms with E-state index in [4.69, 9.17) is 0 Å². The number of amides is 4. The molecule has 12 rings (SSSR count). The van der Waals surface area contributed by atoms with Gasteiger partial charge in [-0.05, 0) is 159 Å². The van der Waals surface area contributed by atoms with E-state index >= 15 is 0 Å². The number of aromatic nitrogens is 1. The van der Waals surface area contributed by atoms with Gasteiger partial charge in [0.25, 0.3) is 23.6 Å². The largest absolute Gasteiger partial charge is 0.339 e. The second-order valence-electron chi connectivity index (χ2n) is 18.6. The van der Waals surface area contributed by atoms with E-state index < -0.39 is 0 Å². The van der Waals surface area contributed by atoms with E-state index in [0.29, 0.717) is 48.4 Å². The van der Waals surface area contributed by atoms with Crippen LogP contribution in [0.1, 0.15) is 80.0 Å². The Hall–Kier alpha value is -6.20. The highest BCUT2D eigenvalue weighted by molar-refractivity contribution is 6.28. The molecule has 6 aromatic carbocycles. The van der Waals surface area contributed by atoms with Crippen molar-refractivity contribution < 1.29 is 19.2 Å². The third kappa shape index (κ3) is 6.40. The number of carbonyl (C=O) groups is 4. The topological polar surface area (TPSA) is 89.4 Å². The van der Waals surface area contributed by atoms with Crippen LogP contribution >= 0.6 is 0 Å². The summed E-state index contributed by atoms with van der Waals surface area (Å²) in [5, 5.41) is 5.51. The second-order valence-corrected chi connectivity index (χ2v) is 18.6. The van der Waals surface area contributed by atoms with Gasteiger partial charge in [0.1, 0.15) is 0 Å². The van der Waals surface area contributed by atoms with Crippen LogP contribution in [0.25, 0.3) is 65.6 Å². The average Bonchev–Trinajstić information content (AvgIpc) is 4.18. The van der Waals surface area contributed by atoms with Crippen LogP contribution in [0, 0.1) is 0 Å². The fourth-order valence-electron chi connectivity index (χ4n) is 11.6. The number of hydrogen-bond donors (Lipinski definition) is 0. The minimum atomic E-state index is -0.217. The van der Waals surface area contributed by atoms with Crippen molar-refractivity contribution in [2.45, 2.75) is 45.1 Å². The van der Waals surface area contributed by atoms with Gasteiger partial charge in [0, 0.05) is 94.1 Å². The van der Waals surface area contributed by atoms with Crippen LogP contribution in [-0.2, 0) is 6.54 Å². The number of hydrogen-bond acceptors (Lipinski definition) is 7. The summed E-state index contributed by atoms with van der Waals surface area (Å²) in [7, 11) is 0. The molecule has 10 heteroatoms. The molecule has 10 nitrogen and oxygen atoms in total. The number of imide groups is 2. The molecular formula is C54H52N6O4. The van der Waals surface area contributed by atoms with Crippen molar-refractivity contribution in [1.29, 1.82) is 0 Å². The third-order valence-electron chi connectivity index (χ3n) is 15.0. The highest BCUT2D eigenvalue weighted by Crippen LogP contribution is 2.42. The molecule has 0 unspecified atom stereocenters. The first-order valence-corrected chi connectivity index (χ1v) is 23.5. The Labute approximate surface area is 372 Å². The molecular weight excluding hydrogens is 797 g/mol. The molecule has 64 heavy (non-hydrogen) atoms. The predicted molar refractivity (Wildman–Crippen MR) is 253 cm³/mol. The smallest absolute Gasteiger partial charge is 0.261 e. The molecule has 3 fully saturated rings. The molecule has 6 heterocycles. The molecule has 4 amide bonds. The molecule has 0 spiro atoms. The lowest BCUT2D eigenvalue weighted by Crippen LogP contribution is -2.44. The molecule has 0 radical (unpaired) electrons. The van der Waals surface area contributed by atoms with Crippen molar-refractivity contribution >= 4 is 67.0 Å². The molecule has 5 aliphatic heterocycles. The average molecular weight is 849 g/mol. The van der Waals surface area contributed by atoms with Crippen LogP contribution in [0.3, 0.4) is 0 Å². The molecule has 1 aromatic heterocycles. The van der Waals surface area contributed by atoms with Crippen molar-refractivity contribution in [3.63, 3.8) is 0 Å². The fourth-order valence-corrected chi connectivity index (χ4v) is 11.6. The van der Waals surface area contributed by atoms with E-state index in [9.17, 15) is 19.2 Å². The van der Waals surface area contributed by atoms with Crippen LogP contribution in [0.15, 0.2) is 97.1 Å². The summed E-state index contributed by atoms with van der Waals surface area (Å²) in [5.41, 5.74) is 8.63. The first-order valence-electron chi connectivity index (χ1n) is 23.5. The van der Waals surface area contributed by atoms with E-state index in [0.717, 1.165) is 144 Å². The highest BCUT2D eigenvalue weighted by atomic mass is 16.2. The summed E-state index contributed by atoms with van der Waals surface area (Å²) >= 11 is 0.